The summed E-state index contributed by atoms with van der Waals surface area (Å²) in [4.78, 5) is 12.0. The molecule has 2 rings (SSSR count). The molecule has 0 fully saturated rings. The van der Waals surface area contributed by atoms with Gasteiger partial charge in [0.2, 0.25) is 0 Å². The summed E-state index contributed by atoms with van der Waals surface area (Å²) < 4.78 is 34.5. The molecular formula is C20H23F2IN2O3. The fourth-order valence-electron chi connectivity index (χ4n) is 2.48. The van der Waals surface area contributed by atoms with Gasteiger partial charge in [-0.2, -0.15) is 0 Å². The van der Waals surface area contributed by atoms with Crippen LogP contribution in [0.5, 0.6) is 5.75 Å². The lowest BCUT2D eigenvalue weighted by Gasteiger charge is -2.26. The van der Waals surface area contributed by atoms with E-state index in [-0.39, 0.29) is 35.2 Å². The SMILES string of the molecule is CC(CCOc1cc(F)cc(Nc2ccc(I)cc2F)c1C(N)=O)C(C)(C)O. The van der Waals surface area contributed by atoms with Crippen LogP contribution >= 0.6 is 22.6 Å². The Bertz CT molecular complexity index is 869. The summed E-state index contributed by atoms with van der Waals surface area (Å²) in [6, 6.07) is 6.58. The maximum atomic E-state index is 14.1. The predicted octanol–water partition coefficient (Wildman–Crippen LogP) is 4.59. The van der Waals surface area contributed by atoms with Crippen molar-refractivity contribution in [1.82, 2.24) is 0 Å². The Labute approximate surface area is 176 Å². The third-order valence-corrected chi connectivity index (χ3v) is 5.20. The molecule has 0 radical (unpaired) electrons. The number of anilines is 2. The van der Waals surface area contributed by atoms with E-state index in [0.29, 0.717) is 9.99 Å². The van der Waals surface area contributed by atoms with Crippen molar-refractivity contribution in [2.24, 2.45) is 11.7 Å². The zero-order chi connectivity index (χ0) is 21.1. The predicted molar refractivity (Wildman–Crippen MR) is 113 cm³/mol. The molecule has 0 aliphatic rings. The summed E-state index contributed by atoms with van der Waals surface area (Å²) in [5, 5.41) is 12.7. The van der Waals surface area contributed by atoms with Crippen LogP contribution in [0.4, 0.5) is 20.2 Å². The van der Waals surface area contributed by atoms with Crippen LogP contribution < -0.4 is 15.8 Å². The van der Waals surface area contributed by atoms with Crippen molar-refractivity contribution < 1.29 is 23.4 Å². The second-order valence-electron chi connectivity index (χ2n) is 7.13. The van der Waals surface area contributed by atoms with Gasteiger partial charge in [-0.25, -0.2) is 8.78 Å². The Morgan fingerprint density at radius 2 is 1.96 bits per heavy atom. The van der Waals surface area contributed by atoms with Gasteiger partial charge in [-0.1, -0.05) is 6.92 Å². The number of nitrogens with one attached hydrogen (secondary N) is 1. The van der Waals surface area contributed by atoms with Crippen LogP contribution in [0, 0.1) is 21.1 Å². The van der Waals surface area contributed by atoms with E-state index in [9.17, 15) is 18.7 Å². The van der Waals surface area contributed by atoms with Gasteiger partial charge in [0, 0.05) is 9.64 Å². The van der Waals surface area contributed by atoms with Gasteiger partial charge in [0.15, 0.2) is 0 Å². The van der Waals surface area contributed by atoms with Gasteiger partial charge in [-0.05, 0) is 73.0 Å². The molecule has 0 saturated carbocycles. The fourth-order valence-corrected chi connectivity index (χ4v) is 2.94. The van der Waals surface area contributed by atoms with Crippen LogP contribution in [0.3, 0.4) is 0 Å². The lowest BCUT2D eigenvalue weighted by atomic mass is 9.90. The molecule has 4 N–H and O–H groups in total. The van der Waals surface area contributed by atoms with Crippen molar-refractivity contribution in [2.75, 3.05) is 11.9 Å². The molecule has 8 heteroatoms. The number of ether oxygens (including phenoxy) is 1. The first-order valence-electron chi connectivity index (χ1n) is 8.69. The highest BCUT2D eigenvalue weighted by atomic mass is 127. The van der Waals surface area contributed by atoms with Crippen molar-refractivity contribution in [1.29, 1.82) is 0 Å². The zero-order valence-corrected chi connectivity index (χ0v) is 18.0. The van der Waals surface area contributed by atoms with E-state index >= 15 is 0 Å². The monoisotopic (exact) mass is 504 g/mol. The van der Waals surface area contributed by atoms with E-state index < -0.39 is 23.1 Å². The number of rotatable bonds is 8. The molecule has 1 unspecified atom stereocenters. The zero-order valence-electron chi connectivity index (χ0n) is 15.9. The molecule has 5 nitrogen and oxygen atoms in total. The average Bonchev–Trinajstić information content (AvgIpc) is 2.55. The summed E-state index contributed by atoms with van der Waals surface area (Å²) in [5.74, 6) is -2.17. The molecule has 0 aliphatic heterocycles. The molecule has 0 aromatic heterocycles. The molecule has 0 bridgehead atoms. The number of halogens is 3. The number of carbonyl (C=O) groups is 1. The van der Waals surface area contributed by atoms with E-state index in [1.165, 1.54) is 12.1 Å². The third-order valence-electron chi connectivity index (χ3n) is 4.53. The van der Waals surface area contributed by atoms with Crippen molar-refractivity contribution in [3.05, 3.63) is 51.1 Å². The van der Waals surface area contributed by atoms with Gasteiger partial charge in [0.05, 0.1) is 23.6 Å². The standard InChI is InChI=1S/C20H23F2IN2O3/c1-11(20(2,3)27)6-7-28-17-9-12(21)8-16(18(17)19(24)26)25-15-5-4-13(23)10-14(15)22/h4-5,8-11,25,27H,6-7H2,1-3H3,(H2,24,26). The largest absolute Gasteiger partial charge is 0.493 e. The van der Waals surface area contributed by atoms with Gasteiger partial charge in [-0.3, -0.25) is 4.79 Å². The van der Waals surface area contributed by atoms with E-state index in [1.807, 2.05) is 29.5 Å². The number of hydrogen-bond donors (Lipinski definition) is 3. The molecule has 0 aliphatic carbocycles. The highest BCUT2D eigenvalue weighted by Crippen LogP contribution is 2.32. The molecule has 0 heterocycles. The molecule has 2 aromatic carbocycles. The Balaban J connectivity index is 2.30. The summed E-state index contributed by atoms with van der Waals surface area (Å²) >= 11 is 1.97. The topological polar surface area (TPSA) is 84.6 Å². The van der Waals surface area contributed by atoms with Gasteiger partial charge in [0.1, 0.15) is 22.9 Å². The van der Waals surface area contributed by atoms with Gasteiger partial charge >= 0.3 is 0 Å². The second kappa shape index (κ2) is 9.04. The molecule has 28 heavy (non-hydrogen) atoms. The maximum Gasteiger partial charge on any atom is 0.254 e. The average molecular weight is 504 g/mol. The summed E-state index contributed by atoms with van der Waals surface area (Å²) in [5.41, 5.74) is 4.59. The van der Waals surface area contributed by atoms with Crippen molar-refractivity contribution in [3.63, 3.8) is 0 Å². The van der Waals surface area contributed by atoms with Crippen molar-refractivity contribution in [3.8, 4) is 5.75 Å². The van der Waals surface area contributed by atoms with Crippen LogP contribution in [0.1, 0.15) is 37.6 Å². The van der Waals surface area contributed by atoms with Crippen LogP contribution in [-0.4, -0.2) is 23.2 Å². The van der Waals surface area contributed by atoms with Crippen LogP contribution in [0.15, 0.2) is 30.3 Å². The summed E-state index contributed by atoms with van der Waals surface area (Å²) in [6.07, 6.45) is 0.479. The van der Waals surface area contributed by atoms with E-state index in [2.05, 4.69) is 5.32 Å². The molecule has 152 valence electrons. The quantitative estimate of drug-likeness (QED) is 0.460. The first kappa shape index (κ1) is 22.4. The number of carbonyl (C=O) groups excluding carboxylic acids is 1. The maximum absolute atomic E-state index is 14.1. The second-order valence-corrected chi connectivity index (χ2v) is 8.38. The Morgan fingerprint density at radius 1 is 1.29 bits per heavy atom. The number of aliphatic hydroxyl groups is 1. The summed E-state index contributed by atoms with van der Waals surface area (Å²) in [7, 11) is 0. The minimum absolute atomic E-state index is 0.0122. The van der Waals surface area contributed by atoms with Crippen LogP contribution in [0.2, 0.25) is 0 Å². The van der Waals surface area contributed by atoms with Gasteiger partial charge < -0.3 is 20.9 Å². The van der Waals surface area contributed by atoms with Crippen molar-refractivity contribution in [2.45, 2.75) is 32.8 Å². The van der Waals surface area contributed by atoms with Crippen LogP contribution in [-0.2, 0) is 0 Å². The molecule has 0 saturated heterocycles. The normalized spacial score (nSPS) is 12.5. The first-order valence-corrected chi connectivity index (χ1v) is 9.77. The Morgan fingerprint density at radius 3 is 2.54 bits per heavy atom. The lowest BCUT2D eigenvalue weighted by molar-refractivity contribution is 0.0159. The number of hydrogen-bond acceptors (Lipinski definition) is 4. The number of nitrogens with two attached hydrogens (primary N) is 1. The molecule has 2 aromatic rings. The molecular weight excluding hydrogens is 481 g/mol. The number of amides is 1. The van der Waals surface area contributed by atoms with E-state index in [0.717, 1.165) is 12.1 Å². The molecule has 0 spiro atoms. The first-order chi connectivity index (χ1) is 13.0. The van der Waals surface area contributed by atoms with Gasteiger partial charge in [0.25, 0.3) is 5.91 Å². The van der Waals surface area contributed by atoms with Gasteiger partial charge in [-0.15, -0.1) is 0 Å². The minimum Gasteiger partial charge on any atom is -0.493 e. The van der Waals surface area contributed by atoms with Crippen molar-refractivity contribution >= 4 is 39.9 Å². The summed E-state index contributed by atoms with van der Waals surface area (Å²) in [6.45, 7) is 5.38. The molecule has 1 atom stereocenters. The smallest absolute Gasteiger partial charge is 0.254 e. The number of primary amides is 1. The van der Waals surface area contributed by atoms with E-state index in [4.69, 9.17) is 10.5 Å². The Hall–Kier alpha value is -1.94. The van der Waals surface area contributed by atoms with E-state index in [1.54, 1.807) is 19.9 Å². The van der Waals surface area contributed by atoms with Crippen LogP contribution in [0.25, 0.3) is 0 Å². The highest BCUT2D eigenvalue weighted by Gasteiger charge is 2.23. The Kier molecular flexibility index (Phi) is 7.22. The third kappa shape index (κ3) is 5.78. The highest BCUT2D eigenvalue weighted by molar-refractivity contribution is 14.1. The molecule has 1 amide bonds. The lowest BCUT2D eigenvalue weighted by Crippen LogP contribution is -2.29. The fraction of sp³-hybridized carbons (Fsp3) is 0.350. The number of benzene rings is 2. The minimum atomic E-state index is -0.896.